The summed E-state index contributed by atoms with van der Waals surface area (Å²) in [4.78, 5) is 29.3. The molecule has 0 bridgehead atoms. The van der Waals surface area contributed by atoms with Gasteiger partial charge in [0, 0.05) is 32.2 Å². The second-order valence-corrected chi connectivity index (χ2v) is 7.38. The van der Waals surface area contributed by atoms with Gasteiger partial charge in [-0.25, -0.2) is 0 Å². The third-order valence-electron chi connectivity index (χ3n) is 5.90. The van der Waals surface area contributed by atoms with Gasteiger partial charge in [-0.1, -0.05) is 30.3 Å². The summed E-state index contributed by atoms with van der Waals surface area (Å²) < 4.78 is 5.17. The number of nitrogens with zero attached hydrogens (tertiary/aromatic N) is 2. The quantitative estimate of drug-likeness (QED) is 0.838. The van der Waals surface area contributed by atoms with Crippen molar-refractivity contribution in [2.75, 3.05) is 32.1 Å². The number of fused-ring (bicyclic) bond motifs is 2. The minimum atomic E-state index is -0.568. The highest BCUT2D eigenvalue weighted by Gasteiger charge is 2.53. The van der Waals surface area contributed by atoms with Gasteiger partial charge in [0.1, 0.15) is 5.75 Å². The van der Waals surface area contributed by atoms with Crippen LogP contribution in [0.3, 0.4) is 0 Å². The zero-order valence-electron chi connectivity index (χ0n) is 15.8. The summed E-state index contributed by atoms with van der Waals surface area (Å²) in [5.41, 5.74) is 2.57. The summed E-state index contributed by atoms with van der Waals surface area (Å²) in [5.74, 6) is 1.03. The van der Waals surface area contributed by atoms with E-state index in [9.17, 15) is 9.59 Å². The Morgan fingerprint density at radius 3 is 2.63 bits per heavy atom. The smallest absolute Gasteiger partial charge is 0.239 e. The number of hydrogen-bond acceptors (Lipinski definition) is 3. The maximum absolute atomic E-state index is 13.0. The van der Waals surface area contributed by atoms with Crippen molar-refractivity contribution in [1.82, 2.24) is 4.90 Å². The zero-order chi connectivity index (χ0) is 19.0. The number of likely N-dealkylation sites (tertiary alicyclic amines) is 1. The molecule has 1 spiro atoms. The van der Waals surface area contributed by atoms with Gasteiger partial charge >= 0.3 is 0 Å². The number of methoxy groups -OCH3 is 1. The number of hydrogen-bond donors (Lipinski definition) is 0. The van der Waals surface area contributed by atoms with Crippen molar-refractivity contribution in [2.24, 2.45) is 0 Å². The lowest BCUT2D eigenvalue weighted by molar-refractivity contribution is -0.130. The first-order chi connectivity index (χ1) is 13.0. The molecule has 5 heteroatoms. The Morgan fingerprint density at radius 2 is 1.89 bits per heavy atom. The van der Waals surface area contributed by atoms with E-state index in [1.807, 2.05) is 60.5 Å². The molecule has 2 aliphatic heterocycles. The normalized spacial score (nSPS) is 21.0. The molecule has 1 fully saturated rings. The van der Waals surface area contributed by atoms with E-state index in [0.717, 1.165) is 22.6 Å². The third-order valence-corrected chi connectivity index (χ3v) is 5.90. The van der Waals surface area contributed by atoms with E-state index in [4.69, 9.17) is 4.74 Å². The molecule has 0 saturated carbocycles. The van der Waals surface area contributed by atoms with Crippen LogP contribution in [0.2, 0.25) is 0 Å². The van der Waals surface area contributed by atoms with Crippen molar-refractivity contribution in [3.05, 3.63) is 59.7 Å². The summed E-state index contributed by atoms with van der Waals surface area (Å²) in [6, 6.07) is 15.7. The number of ether oxygens (including phenoxy) is 1. The van der Waals surface area contributed by atoms with Crippen LogP contribution < -0.4 is 9.64 Å². The van der Waals surface area contributed by atoms with Crippen LogP contribution >= 0.6 is 0 Å². The SMILES string of the molecule is COc1ccc(CCC(=O)N2CCC3(C2)C(=O)N(C)c2ccccc23)cc1. The Kier molecular flexibility index (Phi) is 4.38. The molecule has 0 N–H and O–H groups in total. The molecule has 27 heavy (non-hydrogen) atoms. The minimum absolute atomic E-state index is 0.106. The molecule has 1 saturated heterocycles. The largest absolute Gasteiger partial charge is 0.497 e. The van der Waals surface area contributed by atoms with Gasteiger partial charge in [0.25, 0.3) is 0 Å². The van der Waals surface area contributed by atoms with Gasteiger partial charge in [-0.2, -0.15) is 0 Å². The summed E-state index contributed by atoms with van der Waals surface area (Å²) in [5, 5.41) is 0. The number of aryl methyl sites for hydroxylation is 1. The van der Waals surface area contributed by atoms with Crippen molar-refractivity contribution in [1.29, 1.82) is 0 Å². The van der Waals surface area contributed by atoms with E-state index in [2.05, 4.69) is 0 Å². The van der Waals surface area contributed by atoms with Crippen molar-refractivity contribution in [2.45, 2.75) is 24.7 Å². The molecule has 2 heterocycles. The highest BCUT2D eigenvalue weighted by molar-refractivity contribution is 6.08. The average Bonchev–Trinajstić information content (AvgIpc) is 3.25. The Balaban J connectivity index is 1.45. The second kappa shape index (κ2) is 6.72. The number of amides is 2. The first-order valence-electron chi connectivity index (χ1n) is 9.33. The van der Waals surface area contributed by atoms with E-state index < -0.39 is 5.41 Å². The molecule has 2 aliphatic rings. The molecule has 2 aromatic rings. The van der Waals surface area contributed by atoms with Crippen molar-refractivity contribution in [3.8, 4) is 5.75 Å². The standard InChI is InChI=1S/C22H24N2O3/c1-23-19-6-4-3-5-18(19)22(21(23)26)13-14-24(15-22)20(25)12-9-16-7-10-17(27-2)11-8-16/h3-8,10-11H,9,12-15H2,1-2H3. The van der Waals surface area contributed by atoms with E-state index in [1.165, 1.54) is 0 Å². The van der Waals surface area contributed by atoms with Crippen LogP contribution in [0, 0.1) is 0 Å². The molecule has 140 valence electrons. The molecule has 2 amide bonds. The predicted molar refractivity (Wildman–Crippen MR) is 104 cm³/mol. The minimum Gasteiger partial charge on any atom is -0.497 e. The van der Waals surface area contributed by atoms with Crippen LogP contribution in [0.4, 0.5) is 5.69 Å². The van der Waals surface area contributed by atoms with E-state index in [0.29, 0.717) is 32.4 Å². The molecule has 5 nitrogen and oxygen atoms in total. The van der Waals surface area contributed by atoms with E-state index in [1.54, 1.807) is 12.0 Å². The summed E-state index contributed by atoms with van der Waals surface area (Å²) in [6.07, 6.45) is 1.84. The summed E-state index contributed by atoms with van der Waals surface area (Å²) >= 11 is 0. The van der Waals surface area contributed by atoms with E-state index >= 15 is 0 Å². The van der Waals surface area contributed by atoms with Gasteiger partial charge in [0.15, 0.2) is 0 Å². The van der Waals surface area contributed by atoms with Gasteiger partial charge in [0.2, 0.25) is 11.8 Å². The zero-order valence-corrected chi connectivity index (χ0v) is 15.8. The molecule has 0 aliphatic carbocycles. The van der Waals surface area contributed by atoms with Crippen LogP contribution in [0.15, 0.2) is 48.5 Å². The first-order valence-corrected chi connectivity index (χ1v) is 9.33. The number of likely N-dealkylation sites (N-methyl/N-ethyl adjacent to an activating group) is 1. The van der Waals surface area contributed by atoms with Crippen LogP contribution in [0.25, 0.3) is 0 Å². The van der Waals surface area contributed by atoms with Gasteiger partial charge in [-0.15, -0.1) is 0 Å². The van der Waals surface area contributed by atoms with Gasteiger partial charge in [-0.05, 0) is 42.2 Å². The van der Waals surface area contributed by atoms with Gasteiger partial charge in [0.05, 0.1) is 12.5 Å². The highest BCUT2D eigenvalue weighted by Crippen LogP contribution is 2.46. The topological polar surface area (TPSA) is 49.9 Å². The summed E-state index contributed by atoms with van der Waals surface area (Å²) in [6.45, 7) is 1.12. The monoisotopic (exact) mass is 364 g/mol. The average molecular weight is 364 g/mol. The molecular formula is C22H24N2O3. The number of benzene rings is 2. The Hall–Kier alpha value is -2.82. The maximum Gasteiger partial charge on any atom is 0.239 e. The van der Waals surface area contributed by atoms with Gasteiger partial charge in [-0.3, -0.25) is 9.59 Å². The molecular weight excluding hydrogens is 340 g/mol. The predicted octanol–water partition coefficient (Wildman–Crippen LogP) is 2.77. The molecule has 0 aromatic heterocycles. The number of carbonyl (C=O) groups is 2. The number of carbonyl (C=O) groups excluding carboxylic acids is 2. The lowest BCUT2D eigenvalue weighted by Crippen LogP contribution is -2.42. The van der Waals surface area contributed by atoms with Crippen LogP contribution in [-0.2, 0) is 21.4 Å². The molecule has 4 rings (SSSR count). The lowest BCUT2D eigenvalue weighted by Gasteiger charge is -2.23. The van der Waals surface area contributed by atoms with Crippen molar-refractivity contribution in [3.63, 3.8) is 0 Å². The first kappa shape index (κ1) is 17.6. The highest BCUT2D eigenvalue weighted by atomic mass is 16.5. The fraction of sp³-hybridized carbons (Fsp3) is 0.364. The molecule has 0 radical (unpaired) electrons. The van der Waals surface area contributed by atoms with Crippen molar-refractivity contribution >= 4 is 17.5 Å². The Labute approximate surface area is 159 Å². The molecule has 1 atom stereocenters. The van der Waals surface area contributed by atoms with Crippen molar-refractivity contribution < 1.29 is 14.3 Å². The summed E-state index contributed by atoms with van der Waals surface area (Å²) in [7, 11) is 3.46. The third kappa shape index (κ3) is 2.87. The second-order valence-electron chi connectivity index (χ2n) is 7.38. The van der Waals surface area contributed by atoms with E-state index in [-0.39, 0.29) is 11.8 Å². The number of anilines is 1. The fourth-order valence-corrected chi connectivity index (χ4v) is 4.34. The van der Waals surface area contributed by atoms with Crippen LogP contribution in [0.1, 0.15) is 24.0 Å². The molecule has 2 aromatic carbocycles. The lowest BCUT2D eigenvalue weighted by atomic mass is 9.81. The number of rotatable bonds is 4. The number of para-hydroxylation sites is 1. The Morgan fingerprint density at radius 1 is 1.15 bits per heavy atom. The fourth-order valence-electron chi connectivity index (χ4n) is 4.34. The molecule has 1 unspecified atom stereocenters. The Bertz CT molecular complexity index is 877. The van der Waals surface area contributed by atoms with Crippen LogP contribution in [0.5, 0.6) is 5.75 Å². The van der Waals surface area contributed by atoms with Crippen LogP contribution in [-0.4, -0.2) is 44.0 Å². The van der Waals surface area contributed by atoms with Gasteiger partial charge < -0.3 is 14.5 Å². The maximum atomic E-state index is 13.0.